The lowest BCUT2D eigenvalue weighted by atomic mass is 10.1. The van der Waals surface area contributed by atoms with Crippen LogP contribution >= 0.6 is 0 Å². The second-order valence-corrected chi connectivity index (χ2v) is 4.29. The van der Waals surface area contributed by atoms with E-state index in [2.05, 4.69) is 0 Å². The van der Waals surface area contributed by atoms with Crippen LogP contribution in [0.4, 0.5) is 4.39 Å². The van der Waals surface area contributed by atoms with E-state index in [0.717, 1.165) is 0 Å². The lowest BCUT2D eigenvalue weighted by Gasteiger charge is -2.00. The summed E-state index contributed by atoms with van der Waals surface area (Å²) in [6.45, 7) is 4.00. The summed E-state index contributed by atoms with van der Waals surface area (Å²) >= 11 is 0. The number of benzene rings is 2. The van der Waals surface area contributed by atoms with Gasteiger partial charge in [-0.05, 0) is 29.8 Å². The molecule has 4 heteroatoms. The van der Waals surface area contributed by atoms with Crippen LogP contribution in [0.5, 0.6) is 0 Å². The molecule has 0 N–H and O–H groups in total. The number of nitrogens with zero attached hydrogens (tertiary/aromatic N) is 1. The Hall–Kier alpha value is -2.93. The summed E-state index contributed by atoms with van der Waals surface area (Å²) in [6, 6.07) is 13.0. The van der Waals surface area contributed by atoms with Crippen LogP contribution in [0.3, 0.4) is 0 Å². The number of nitriles is 1. The number of halogens is 1. The van der Waals surface area contributed by atoms with Crippen molar-refractivity contribution in [3.05, 3.63) is 70.5 Å². The molecule has 0 unspecified atom stereocenters. The number of fused-ring (bicyclic) bond motifs is 1. The number of hydrogen-bond acceptors (Lipinski definition) is 3. The van der Waals surface area contributed by atoms with Gasteiger partial charge in [-0.3, -0.25) is 0 Å². The van der Waals surface area contributed by atoms with Gasteiger partial charge < -0.3 is 4.74 Å². The Balaban J connectivity index is 0.000000847. The van der Waals surface area contributed by atoms with Crippen LogP contribution in [0.25, 0.3) is 11.8 Å². The summed E-state index contributed by atoms with van der Waals surface area (Å²) in [7, 11) is 0. The van der Waals surface area contributed by atoms with E-state index >= 15 is 0 Å². The van der Waals surface area contributed by atoms with Crippen molar-refractivity contribution in [1.29, 1.82) is 5.26 Å². The Morgan fingerprint density at radius 1 is 1.14 bits per heavy atom. The highest BCUT2D eigenvalue weighted by Gasteiger charge is 2.25. The van der Waals surface area contributed by atoms with E-state index in [0.29, 0.717) is 22.4 Å². The molecule has 2 aromatic carbocycles. The lowest BCUT2D eigenvalue weighted by Crippen LogP contribution is -1.92. The average molecular weight is 295 g/mol. The van der Waals surface area contributed by atoms with E-state index < -0.39 is 11.8 Å². The van der Waals surface area contributed by atoms with Crippen LogP contribution in [0.15, 0.2) is 42.5 Å². The van der Waals surface area contributed by atoms with Crippen LogP contribution in [0.1, 0.15) is 40.9 Å². The fraction of sp³-hybridized carbons (Fsp3) is 0.111. The number of ether oxygens (including phenoxy) is 1. The Morgan fingerprint density at radius 2 is 1.82 bits per heavy atom. The summed E-state index contributed by atoms with van der Waals surface area (Å²) in [5, 5.41) is 8.81. The van der Waals surface area contributed by atoms with Crippen molar-refractivity contribution in [3.63, 3.8) is 0 Å². The number of rotatable bonds is 1. The van der Waals surface area contributed by atoms with Gasteiger partial charge in [0.1, 0.15) is 17.6 Å². The normalized spacial score (nSPS) is 13.7. The summed E-state index contributed by atoms with van der Waals surface area (Å²) in [5.74, 6) is -0.575. The molecule has 0 spiro atoms. The van der Waals surface area contributed by atoms with Crippen molar-refractivity contribution < 1.29 is 13.9 Å². The molecule has 110 valence electrons. The molecule has 0 saturated heterocycles. The molecule has 0 atom stereocenters. The van der Waals surface area contributed by atoms with E-state index in [1.54, 1.807) is 36.4 Å². The third-order valence-electron chi connectivity index (χ3n) is 3.02. The maximum absolute atomic E-state index is 13.3. The number of carbonyl (C=O) groups excluding carboxylic acids is 1. The number of carbonyl (C=O) groups is 1. The highest BCUT2D eigenvalue weighted by atomic mass is 19.1. The van der Waals surface area contributed by atoms with Gasteiger partial charge >= 0.3 is 5.97 Å². The van der Waals surface area contributed by atoms with Gasteiger partial charge in [0.05, 0.1) is 11.1 Å². The molecule has 1 aliphatic rings. The summed E-state index contributed by atoms with van der Waals surface area (Å²) in [4.78, 5) is 11.7. The standard InChI is InChI=1S/C16H8FNO2.C2H6/c17-14-6-5-10(7-11(14)9-18)8-15-12-3-1-2-4-13(12)16(19)20-15;1-2/h1-8H;1-2H3/b15-8-;. The van der Waals surface area contributed by atoms with E-state index in [1.807, 2.05) is 13.8 Å². The van der Waals surface area contributed by atoms with Gasteiger partial charge in [-0.15, -0.1) is 0 Å². The fourth-order valence-corrected chi connectivity index (χ4v) is 2.06. The predicted octanol–water partition coefficient (Wildman–Crippen LogP) is 4.39. The molecule has 3 nitrogen and oxygen atoms in total. The quantitative estimate of drug-likeness (QED) is 0.733. The van der Waals surface area contributed by atoms with E-state index in [4.69, 9.17) is 10.00 Å². The first-order valence-electron chi connectivity index (χ1n) is 6.92. The second kappa shape index (κ2) is 6.68. The highest BCUT2D eigenvalue weighted by Crippen LogP contribution is 2.31. The van der Waals surface area contributed by atoms with Gasteiger partial charge in [-0.25, -0.2) is 9.18 Å². The minimum atomic E-state index is -0.571. The Morgan fingerprint density at radius 3 is 2.50 bits per heavy atom. The zero-order valence-corrected chi connectivity index (χ0v) is 12.3. The van der Waals surface area contributed by atoms with Crippen molar-refractivity contribution in [2.45, 2.75) is 13.8 Å². The molecule has 0 fully saturated rings. The van der Waals surface area contributed by atoms with Crippen molar-refractivity contribution in [1.82, 2.24) is 0 Å². The highest BCUT2D eigenvalue weighted by molar-refractivity contribution is 6.05. The molecule has 0 radical (unpaired) electrons. The molecule has 0 bridgehead atoms. The predicted molar refractivity (Wildman–Crippen MR) is 82.2 cm³/mol. The minimum absolute atomic E-state index is 0.0445. The fourth-order valence-electron chi connectivity index (χ4n) is 2.06. The SMILES string of the molecule is CC.N#Cc1cc(/C=C2\OC(=O)c3ccccc32)ccc1F. The van der Waals surface area contributed by atoms with Crippen LogP contribution in [0.2, 0.25) is 0 Å². The lowest BCUT2D eigenvalue weighted by molar-refractivity contribution is 0.0717. The molecule has 1 heterocycles. The smallest absolute Gasteiger partial charge is 0.344 e. The van der Waals surface area contributed by atoms with Gasteiger partial charge in [0.2, 0.25) is 0 Å². The van der Waals surface area contributed by atoms with Gasteiger partial charge in [0.25, 0.3) is 0 Å². The maximum atomic E-state index is 13.3. The Labute approximate surface area is 128 Å². The minimum Gasteiger partial charge on any atom is -0.422 e. The second-order valence-electron chi connectivity index (χ2n) is 4.29. The van der Waals surface area contributed by atoms with Gasteiger partial charge in [-0.1, -0.05) is 38.1 Å². The van der Waals surface area contributed by atoms with Gasteiger partial charge in [0.15, 0.2) is 0 Å². The number of hydrogen-bond donors (Lipinski definition) is 0. The molecule has 0 aromatic heterocycles. The zero-order chi connectivity index (χ0) is 16.1. The molecular weight excluding hydrogens is 281 g/mol. The number of esters is 1. The van der Waals surface area contributed by atoms with Gasteiger partial charge in [-0.2, -0.15) is 5.26 Å². The first-order chi connectivity index (χ1) is 10.7. The van der Waals surface area contributed by atoms with E-state index in [-0.39, 0.29) is 5.56 Å². The largest absolute Gasteiger partial charge is 0.422 e. The van der Waals surface area contributed by atoms with Crippen molar-refractivity contribution >= 4 is 17.8 Å². The van der Waals surface area contributed by atoms with Crippen LogP contribution in [-0.2, 0) is 4.74 Å². The molecule has 0 aliphatic carbocycles. The van der Waals surface area contributed by atoms with Gasteiger partial charge in [0, 0.05) is 5.56 Å². The molecule has 22 heavy (non-hydrogen) atoms. The van der Waals surface area contributed by atoms with Crippen molar-refractivity contribution in [2.75, 3.05) is 0 Å². The summed E-state index contributed by atoms with van der Waals surface area (Å²) in [5.41, 5.74) is 1.75. The number of cyclic esters (lactones) is 1. The molecule has 1 aliphatic heterocycles. The molecule has 2 aromatic rings. The molecule has 3 rings (SSSR count). The van der Waals surface area contributed by atoms with Crippen LogP contribution in [-0.4, -0.2) is 5.97 Å². The Kier molecular flexibility index (Phi) is 4.70. The van der Waals surface area contributed by atoms with E-state index in [9.17, 15) is 9.18 Å². The average Bonchev–Trinajstić information content (AvgIpc) is 2.88. The first-order valence-corrected chi connectivity index (χ1v) is 6.92. The summed E-state index contributed by atoms with van der Waals surface area (Å²) in [6.07, 6.45) is 1.62. The van der Waals surface area contributed by atoms with Crippen LogP contribution < -0.4 is 0 Å². The third kappa shape index (κ3) is 2.89. The molecule has 0 amide bonds. The monoisotopic (exact) mass is 295 g/mol. The third-order valence-corrected chi connectivity index (χ3v) is 3.02. The maximum Gasteiger partial charge on any atom is 0.344 e. The topological polar surface area (TPSA) is 50.1 Å². The van der Waals surface area contributed by atoms with E-state index in [1.165, 1.54) is 18.2 Å². The van der Waals surface area contributed by atoms with Crippen molar-refractivity contribution in [2.24, 2.45) is 0 Å². The molecule has 0 saturated carbocycles. The van der Waals surface area contributed by atoms with Crippen LogP contribution in [0, 0.1) is 17.1 Å². The molecular formula is C18H14FNO2. The first kappa shape index (κ1) is 15.5. The van der Waals surface area contributed by atoms with Crippen molar-refractivity contribution in [3.8, 4) is 6.07 Å². The zero-order valence-electron chi connectivity index (χ0n) is 12.3. The Bertz CT molecular complexity index is 788. The summed E-state index contributed by atoms with van der Waals surface area (Å²) < 4.78 is 18.4.